The summed E-state index contributed by atoms with van der Waals surface area (Å²) in [5, 5.41) is 2.80. The summed E-state index contributed by atoms with van der Waals surface area (Å²) in [6.07, 6.45) is 3.97. The van der Waals surface area contributed by atoms with Gasteiger partial charge in [-0.05, 0) is 54.3 Å². The highest BCUT2D eigenvalue weighted by Gasteiger charge is 2.38. The first-order valence-corrected chi connectivity index (χ1v) is 12.7. The second kappa shape index (κ2) is 9.61. The Morgan fingerprint density at radius 2 is 1.70 bits per heavy atom. The van der Waals surface area contributed by atoms with E-state index < -0.39 is 16.1 Å². The van der Waals surface area contributed by atoms with Gasteiger partial charge in [0, 0.05) is 38.7 Å². The zero-order valence-corrected chi connectivity index (χ0v) is 19.4. The molecule has 2 aromatic carbocycles. The van der Waals surface area contributed by atoms with Gasteiger partial charge in [-0.25, -0.2) is 12.8 Å². The van der Waals surface area contributed by atoms with Gasteiger partial charge in [-0.15, -0.1) is 0 Å². The van der Waals surface area contributed by atoms with Gasteiger partial charge in [-0.2, -0.15) is 4.31 Å². The number of nitrogens with zero attached hydrogens (tertiary/aromatic N) is 2. The Bertz CT molecular complexity index is 1140. The summed E-state index contributed by atoms with van der Waals surface area (Å²) >= 11 is 0. The molecule has 2 aromatic rings. The molecule has 1 fully saturated rings. The van der Waals surface area contributed by atoms with Crippen LogP contribution in [0.15, 0.2) is 47.4 Å². The summed E-state index contributed by atoms with van der Waals surface area (Å²) in [4.78, 5) is 26.9. The lowest BCUT2D eigenvalue weighted by atomic mass is 10.1. The SMILES string of the molecule is CC(=O)N1c2ccc(S(=O)(=O)N3CCCCCC3)cc2C[C@H]1C(=O)NCc1ccc(F)cc1. The number of carbonyl (C=O) groups excluding carboxylic acids is 2. The molecule has 2 aliphatic rings. The van der Waals surface area contributed by atoms with Crippen molar-refractivity contribution in [1.29, 1.82) is 0 Å². The number of fused-ring (bicyclic) bond motifs is 1. The summed E-state index contributed by atoms with van der Waals surface area (Å²) in [5.41, 5.74) is 1.95. The molecule has 0 spiro atoms. The van der Waals surface area contributed by atoms with Crippen LogP contribution in [0, 0.1) is 5.82 Å². The number of halogens is 1. The van der Waals surface area contributed by atoms with Crippen LogP contribution in [0.2, 0.25) is 0 Å². The summed E-state index contributed by atoms with van der Waals surface area (Å²) in [7, 11) is -3.63. The van der Waals surface area contributed by atoms with Crippen LogP contribution in [0.3, 0.4) is 0 Å². The third kappa shape index (κ3) is 4.94. The molecule has 1 saturated heterocycles. The Labute approximate surface area is 193 Å². The second-order valence-corrected chi connectivity index (χ2v) is 10.5. The van der Waals surface area contributed by atoms with Gasteiger partial charge < -0.3 is 5.32 Å². The smallest absolute Gasteiger partial charge is 0.243 e. The van der Waals surface area contributed by atoms with E-state index in [9.17, 15) is 22.4 Å². The van der Waals surface area contributed by atoms with Gasteiger partial charge in [0.25, 0.3) is 0 Å². The van der Waals surface area contributed by atoms with Gasteiger partial charge in [-0.3, -0.25) is 14.5 Å². The predicted molar refractivity (Wildman–Crippen MR) is 123 cm³/mol. The molecule has 2 amide bonds. The normalized spacial score (nSPS) is 19.1. The third-order valence-electron chi connectivity index (χ3n) is 6.26. The number of sulfonamides is 1. The fraction of sp³-hybridized carbons (Fsp3) is 0.417. The summed E-state index contributed by atoms with van der Waals surface area (Å²) in [5.74, 6) is -0.994. The van der Waals surface area contributed by atoms with Crippen LogP contribution in [0.25, 0.3) is 0 Å². The molecule has 33 heavy (non-hydrogen) atoms. The summed E-state index contributed by atoms with van der Waals surface area (Å²) in [6, 6.07) is 9.78. The topological polar surface area (TPSA) is 86.8 Å². The first kappa shape index (κ1) is 23.4. The largest absolute Gasteiger partial charge is 0.350 e. The maximum atomic E-state index is 13.2. The monoisotopic (exact) mass is 473 g/mol. The van der Waals surface area contributed by atoms with Crippen LogP contribution in [-0.4, -0.2) is 43.7 Å². The van der Waals surface area contributed by atoms with Crippen LogP contribution >= 0.6 is 0 Å². The molecular formula is C24H28FN3O4S. The van der Waals surface area contributed by atoms with E-state index in [-0.39, 0.29) is 35.5 Å². The minimum atomic E-state index is -3.63. The Morgan fingerprint density at radius 1 is 1.03 bits per heavy atom. The van der Waals surface area contributed by atoms with E-state index >= 15 is 0 Å². The maximum absolute atomic E-state index is 13.2. The van der Waals surface area contributed by atoms with Crippen molar-refractivity contribution >= 4 is 27.5 Å². The van der Waals surface area contributed by atoms with Crippen LogP contribution < -0.4 is 10.2 Å². The molecule has 2 aliphatic heterocycles. The van der Waals surface area contributed by atoms with E-state index in [1.807, 2.05) is 0 Å². The molecule has 0 bridgehead atoms. The molecule has 9 heteroatoms. The van der Waals surface area contributed by atoms with Crippen molar-refractivity contribution in [3.63, 3.8) is 0 Å². The van der Waals surface area contributed by atoms with Crippen LogP contribution in [-0.2, 0) is 32.6 Å². The van der Waals surface area contributed by atoms with Crippen LogP contribution in [0.5, 0.6) is 0 Å². The first-order valence-electron chi connectivity index (χ1n) is 11.2. The average Bonchev–Trinajstić information content (AvgIpc) is 2.96. The maximum Gasteiger partial charge on any atom is 0.243 e. The number of rotatable bonds is 5. The molecule has 0 unspecified atom stereocenters. The molecule has 0 aromatic heterocycles. The average molecular weight is 474 g/mol. The highest BCUT2D eigenvalue weighted by molar-refractivity contribution is 7.89. The zero-order chi connectivity index (χ0) is 23.6. The lowest BCUT2D eigenvalue weighted by Gasteiger charge is -2.24. The van der Waals surface area contributed by atoms with Crippen molar-refractivity contribution in [3.05, 3.63) is 59.4 Å². The quantitative estimate of drug-likeness (QED) is 0.723. The Kier molecular flexibility index (Phi) is 6.81. The Morgan fingerprint density at radius 3 is 2.33 bits per heavy atom. The number of nitrogens with one attached hydrogen (secondary N) is 1. The van der Waals surface area contributed by atoms with E-state index in [0.717, 1.165) is 31.2 Å². The highest BCUT2D eigenvalue weighted by atomic mass is 32.2. The molecule has 4 rings (SSSR count). The number of hydrogen-bond acceptors (Lipinski definition) is 4. The van der Waals surface area contributed by atoms with Crippen LogP contribution in [0.4, 0.5) is 10.1 Å². The van der Waals surface area contributed by atoms with Crippen molar-refractivity contribution in [2.45, 2.75) is 56.5 Å². The van der Waals surface area contributed by atoms with E-state index in [0.29, 0.717) is 24.3 Å². The van der Waals surface area contributed by atoms with Gasteiger partial charge in [0.05, 0.1) is 4.90 Å². The molecule has 0 radical (unpaired) electrons. The molecule has 176 valence electrons. The van der Waals surface area contributed by atoms with E-state index in [2.05, 4.69) is 5.32 Å². The van der Waals surface area contributed by atoms with Crippen molar-refractivity contribution in [1.82, 2.24) is 9.62 Å². The lowest BCUT2D eigenvalue weighted by Crippen LogP contribution is -2.47. The van der Waals surface area contributed by atoms with Gasteiger partial charge in [0.1, 0.15) is 11.9 Å². The minimum absolute atomic E-state index is 0.194. The number of carbonyl (C=O) groups is 2. The van der Waals surface area contributed by atoms with Gasteiger partial charge in [-0.1, -0.05) is 25.0 Å². The summed E-state index contributed by atoms with van der Waals surface area (Å²) < 4.78 is 41.0. The van der Waals surface area contributed by atoms with E-state index in [4.69, 9.17) is 0 Å². The minimum Gasteiger partial charge on any atom is -0.350 e. The van der Waals surface area contributed by atoms with Crippen molar-refractivity contribution in [2.24, 2.45) is 0 Å². The van der Waals surface area contributed by atoms with Crippen molar-refractivity contribution in [3.8, 4) is 0 Å². The molecule has 7 nitrogen and oxygen atoms in total. The van der Waals surface area contributed by atoms with Crippen molar-refractivity contribution < 1.29 is 22.4 Å². The fourth-order valence-electron chi connectivity index (χ4n) is 4.53. The first-order chi connectivity index (χ1) is 15.8. The zero-order valence-electron chi connectivity index (χ0n) is 18.6. The number of anilines is 1. The fourth-order valence-corrected chi connectivity index (χ4v) is 6.10. The lowest BCUT2D eigenvalue weighted by molar-refractivity contribution is -0.125. The van der Waals surface area contributed by atoms with Gasteiger partial charge >= 0.3 is 0 Å². The Balaban J connectivity index is 1.54. The molecule has 0 aliphatic carbocycles. The molecule has 1 atom stereocenters. The molecule has 1 N–H and O–H groups in total. The number of hydrogen-bond donors (Lipinski definition) is 1. The number of benzene rings is 2. The van der Waals surface area contributed by atoms with E-state index in [1.165, 1.54) is 34.3 Å². The van der Waals surface area contributed by atoms with E-state index in [1.54, 1.807) is 24.3 Å². The van der Waals surface area contributed by atoms with Gasteiger partial charge in [0.2, 0.25) is 21.8 Å². The molecule has 0 saturated carbocycles. The standard InChI is InChI=1S/C24H28FN3O4S/c1-17(29)28-22-11-10-21(33(31,32)27-12-4-2-3-5-13-27)14-19(22)15-23(28)24(30)26-16-18-6-8-20(25)9-7-18/h6-11,14,23H,2-5,12-13,15-16H2,1H3,(H,26,30)/t23-/m0/s1. The molecule has 2 heterocycles. The predicted octanol–water partition coefficient (Wildman–Crippen LogP) is 2.98. The van der Waals surface area contributed by atoms with Gasteiger partial charge in [0.15, 0.2) is 0 Å². The molecular weight excluding hydrogens is 445 g/mol. The number of amides is 2. The highest BCUT2D eigenvalue weighted by Crippen LogP contribution is 2.35. The van der Waals surface area contributed by atoms with Crippen LogP contribution in [0.1, 0.15) is 43.7 Å². The van der Waals surface area contributed by atoms with Crippen molar-refractivity contribution in [2.75, 3.05) is 18.0 Å². The second-order valence-electron chi connectivity index (χ2n) is 8.56. The third-order valence-corrected chi connectivity index (χ3v) is 8.15. The Hall–Kier alpha value is -2.78. The summed E-state index contributed by atoms with van der Waals surface area (Å²) in [6.45, 7) is 2.60.